The quantitative estimate of drug-likeness (QED) is 0.682. The molecule has 0 bridgehead atoms. The molecule has 148 valence electrons. The number of benzene rings is 1. The number of carbonyl (C=O) groups is 1. The number of hydrogen-bond acceptors (Lipinski definition) is 6. The molecule has 1 amide bonds. The Morgan fingerprint density at radius 1 is 0.931 bits per heavy atom. The monoisotopic (exact) mass is 391 g/mol. The number of hydrogen-bond donors (Lipinski definition) is 0. The average molecular weight is 391 g/mol. The Hall–Kier alpha value is -3.55. The van der Waals surface area contributed by atoms with Crippen molar-refractivity contribution in [3.8, 4) is 17.3 Å². The molecule has 0 saturated carbocycles. The maximum absolute atomic E-state index is 12.9. The lowest BCUT2D eigenvalue weighted by molar-refractivity contribution is 0.0746. The highest BCUT2D eigenvalue weighted by molar-refractivity contribution is 5.95. The number of fused-ring (bicyclic) bond motifs is 1. The fraction of sp³-hybridized carbons (Fsp3) is 0.286. The summed E-state index contributed by atoms with van der Waals surface area (Å²) in [5.74, 6) is 3.78. The van der Waals surface area contributed by atoms with Gasteiger partial charge in [0.05, 0.1) is 0 Å². The van der Waals surface area contributed by atoms with Crippen molar-refractivity contribution in [2.75, 3.05) is 37.9 Å². The third-order valence-electron chi connectivity index (χ3n) is 5.19. The van der Waals surface area contributed by atoms with E-state index in [0.29, 0.717) is 30.2 Å². The van der Waals surface area contributed by atoms with Crippen molar-refractivity contribution in [2.24, 2.45) is 0 Å². The van der Waals surface area contributed by atoms with Gasteiger partial charge in [0.15, 0.2) is 11.5 Å². The molecule has 29 heavy (non-hydrogen) atoms. The third kappa shape index (κ3) is 3.37. The van der Waals surface area contributed by atoms with E-state index in [9.17, 15) is 4.79 Å². The number of carbonyl (C=O) groups excluding carboxylic acids is 1. The topological polar surface area (TPSA) is 72.7 Å². The molecule has 0 atom stereocenters. The molecule has 2 aliphatic heterocycles. The van der Waals surface area contributed by atoms with E-state index in [2.05, 4.69) is 14.9 Å². The molecule has 0 aliphatic carbocycles. The lowest BCUT2D eigenvalue weighted by atomic mass is 10.1. The molecular weight excluding hydrogens is 370 g/mol. The lowest BCUT2D eigenvalue weighted by Gasteiger charge is -2.35. The highest BCUT2D eigenvalue weighted by Gasteiger charge is 2.25. The van der Waals surface area contributed by atoms with Gasteiger partial charge in [-0.05, 0) is 37.3 Å². The first-order valence-electron chi connectivity index (χ1n) is 9.60. The minimum absolute atomic E-state index is 0.00912. The first-order valence-corrected chi connectivity index (χ1v) is 9.60. The van der Waals surface area contributed by atoms with Gasteiger partial charge in [0.2, 0.25) is 6.79 Å². The molecule has 0 unspecified atom stereocenters. The van der Waals surface area contributed by atoms with Crippen LogP contribution in [0, 0.1) is 6.92 Å². The molecule has 2 aliphatic rings. The summed E-state index contributed by atoms with van der Waals surface area (Å²) in [5, 5.41) is 0. The Labute approximate surface area is 168 Å². The maximum atomic E-state index is 12.9. The number of ether oxygens (including phenoxy) is 2. The zero-order chi connectivity index (χ0) is 19.8. The Balaban J connectivity index is 1.29. The summed E-state index contributed by atoms with van der Waals surface area (Å²) in [4.78, 5) is 26.1. The van der Waals surface area contributed by atoms with Crippen molar-refractivity contribution in [2.45, 2.75) is 6.92 Å². The minimum atomic E-state index is 0.00912. The van der Waals surface area contributed by atoms with Crippen LogP contribution in [0.5, 0.6) is 11.5 Å². The molecule has 1 saturated heterocycles. The molecular formula is C21H21N5O3. The summed E-state index contributed by atoms with van der Waals surface area (Å²) in [6.07, 6.45) is 3.93. The molecule has 1 fully saturated rings. The van der Waals surface area contributed by atoms with Crippen LogP contribution < -0.4 is 14.4 Å². The summed E-state index contributed by atoms with van der Waals surface area (Å²) < 4.78 is 12.7. The van der Waals surface area contributed by atoms with E-state index < -0.39 is 0 Å². The highest BCUT2D eigenvalue weighted by Crippen LogP contribution is 2.33. The van der Waals surface area contributed by atoms with Crippen LogP contribution in [0.1, 0.15) is 16.2 Å². The smallest absolute Gasteiger partial charge is 0.254 e. The number of aryl methyl sites for hydroxylation is 1. The van der Waals surface area contributed by atoms with Crippen LogP contribution in [0.4, 0.5) is 5.82 Å². The number of aromatic nitrogens is 3. The van der Waals surface area contributed by atoms with Gasteiger partial charge in [-0.1, -0.05) is 0 Å². The van der Waals surface area contributed by atoms with Crippen molar-refractivity contribution in [3.05, 3.63) is 60.2 Å². The van der Waals surface area contributed by atoms with Gasteiger partial charge in [-0.15, -0.1) is 0 Å². The van der Waals surface area contributed by atoms with Gasteiger partial charge in [-0.2, -0.15) is 0 Å². The van der Waals surface area contributed by atoms with E-state index in [0.717, 1.165) is 30.5 Å². The van der Waals surface area contributed by atoms with Crippen molar-refractivity contribution in [1.82, 2.24) is 19.4 Å². The minimum Gasteiger partial charge on any atom is -0.454 e. The number of piperazine rings is 1. The maximum Gasteiger partial charge on any atom is 0.254 e. The fourth-order valence-corrected chi connectivity index (χ4v) is 3.67. The summed E-state index contributed by atoms with van der Waals surface area (Å²) in [6, 6.07) is 11.3. The normalized spacial score (nSPS) is 15.6. The number of anilines is 1. The molecule has 0 N–H and O–H groups in total. The fourth-order valence-electron chi connectivity index (χ4n) is 3.67. The second-order valence-electron chi connectivity index (χ2n) is 7.07. The number of rotatable bonds is 3. The molecule has 3 aromatic rings. The van der Waals surface area contributed by atoms with E-state index >= 15 is 0 Å². The van der Waals surface area contributed by atoms with E-state index in [1.807, 2.05) is 47.0 Å². The van der Waals surface area contributed by atoms with Crippen LogP contribution in [0.15, 0.2) is 48.8 Å². The third-order valence-corrected chi connectivity index (χ3v) is 5.19. The second-order valence-corrected chi connectivity index (χ2v) is 7.07. The summed E-state index contributed by atoms with van der Waals surface area (Å²) in [6.45, 7) is 4.81. The van der Waals surface area contributed by atoms with Crippen molar-refractivity contribution >= 4 is 11.7 Å². The van der Waals surface area contributed by atoms with Crippen LogP contribution in [-0.2, 0) is 0 Å². The Morgan fingerprint density at radius 2 is 1.66 bits per heavy atom. The van der Waals surface area contributed by atoms with Crippen LogP contribution >= 0.6 is 0 Å². The van der Waals surface area contributed by atoms with Crippen molar-refractivity contribution in [1.29, 1.82) is 0 Å². The standard InChI is InChI=1S/C21H21N5O3/c1-15-22-19(24-6-2-3-7-24)13-20(23-15)25-8-10-26(11-9-25)21(27)16-4-5-17-18(12-16)29-14-28-17/h2-7,12-13H,8-11,14H2,1H3. The van der Waals surface area contributed by atoms with Gasteiger partial charge >= 0.3 is 0 Å². The van der Waals surface area contributed by atoms with Gasteiger partial charge in [0, 0.05) is 50.2 Å². The predicted molar refractivity (Wildman–Crippen MR) is 107 cm³/mol. The van der Waals surface area contributed by atoms with E-state index in [1.54, 1.807) is 18.2 Å². The molecule has 8 heteroatoms. The van der Waals surface area contributed by atoms with E-state index in [1.165, 1.54) is 0 Å². The van der Waals surface area contributed by atoms with Gasteiger partial charge < -0.3 is 23.8 Å². The van der Waals surface area contributed by atoms with Gasteiger partial charge in [0.1, 0.15) is 17.5 Å². The molecule has 8 nitrogen and oxygen atoms in total. The summed E-state index contributed by atoms with van der Waals surface area (Å²) >= 11 is 0. The predicted octanol–water partition coefficient (Wildman–Crippen LogP) is 2.27. The van der Waals surface area contributed by atoms with Crippen LogP contribution in [0.3, 0.4) is 0 Å². The van der Waals surface area contributed by atoms with Crippen molar-refractivity contribution < 1.29 is 14.3 Å². The van der Waals surface area contributed by atoms with Crippen LogP contribution in [-0.4, -0.2) is 58.3 Å². The molecule has 2 aromatic heterocycles. The van der Waals surface area contributed by atoms with Crippen LogP contribution in [0.25, 0.3) is 5.82 Å². The highest BCUT2D eigenvalue weighted by atomic mass is 16.7. The molecule has 4 heterocycles. The lowest BCUT2D eigenvalue weighted by Crippen LogP contribution is -2.49. The summed E-state index contributed by atoms with van der Waals surface area (Å²) in [7, 11) is 0. The average Bonchev–Trinajstić information content (AvgIpc) is 3.44. The zero-order valence-corrected chi connectivity index (χ0v) is 16.1. The Kier molecular flexibility index (Phi) is 4.31. The van der Waals surface area contributed by atoms with Gasteiger partial charge in [0.25, 0.3) is 5.91 Å². The van der Waals surface area contributed by atoms with Gasteiger partial charge in [-0.3, -0.25) is 4.79 Å². The first kappa shape index (κ1) is 17.5. The second kappa shape index (κ2) is 7.12. The van der Waals surface area contributed by atoms with Crippen molar-refractivity contribution in [3.63, 3.8) is 0 Å². The molecule has 5 rings (SSSR count). The largest absolute Gasteiger partial charge is 0.454 e. The molecule has 0 radical (unpaired) electrons. The SMILES string of the molecule is Cc1nc(N2CCN(C(=O)c3ccc4c(c3)OCO4)CC2)cc(-n2cccc2)n1. The van der Waals surface area contributed by atoms with E-state index in [4.69, 9.17) is 9.47 Å². The Bertz CT molecular complexity index is 1040. The van der Waals surface area contributed by atoms with E-state index in [-0.39, 0.29) is 12.7 Å². The number of nitrogens with zero attached hydrogens (tertiary/aromatic N) is 5. The molecule has 0 spiro atoms. The molecule has 1 aromatic carbocycles. The van der Waals surface area contributed by atoms with Crippen LogP contribution in [0.2, 0.25) is 0 Å². The number of amides is 1. The Morgan fingerprint density at radius 3 is 2.45 bits per heavy atom. The summed E-state index contributed by atoms with van der Waals surface area (Å²) in [5.41, 5.74) is 0.621. The first-order chi connectivity index (χ1) is 14.2. The van der Waals surface area contributed by atoms with Gasteiger partial charge in [-0.25, -0.2) is 9.97 Å². The zero-order valence-electron chi connectivity index (χ0n) is 16.1.